The van der Waals surface area contributed by atoms with Gasteiger partial charge in [0, 0.05) is 13.1 Å². The molecule has 1 heterocycles. The zero-order valence-corrected chi connectivity index (χ0v) is 11.1. The fourth-order valence-electron chi connectivity index (χ4n) is 2.04. The molecule has 0 saturated carbocycles. The summed E-state index contributed by atoms with van der Waals surface area (Å²) in [7, 11) is 0. The van der Waals surface area contributed by atoms with Gasteiger partial charge in [0.05, 0.1) is 25.4 Å². The first-order chi connectivity index (χ1) is 9.19. The van der Waals surface area contributed by atoms with Crippen molar-refractivity contribution in [3.05, 3.63) is 29.6 Å². The van der Waals surface area contributed by atoms with Crippen LogP contribution in [0.2, 0.25) is 0 Å². The van der Waals surface area contributed by atoms with Crippen LogP contribution in [0.25, 0.3) is 0 Å². The van der Waals surface area contributed by atoms with Crippen molar-refractivity contribution in [1.29, 1.82) is 0 Å². The van der Waals surface area contributed by atoms with Gasteiger partial charge in [0.15, 0.2) is 0 Å². The third-order valence-electron chi connectivity index (χ3n) is 3.18. The molecular weight excluding hydrogens is 247 g/mol. The third kappa shape index (κ3) is 4.01. The van der Waals surface area contributed by atoms with Crippen LogP contribution in [-0.2, 0) is 16.0 Å². The number of halogens is 1. The smallest absolute Gasteiger partial charge is 0.238 e. The number of anilines is 1. The fraction of sp³-hybridized carbons (Fsp3) is 0.500. The van der Waals surface area contributed by atoms with E-state index in [1.54, 1.807) is 12.1 Å². The molecule has 1 fully saturated rings. The highest BCUT2D eigenvalue weighted by atomic mass is 19.1. The summed E-state index contributed by atoms with van der Waals surface area (Å²) in [4.78, 5) is 13.9. The van der Waals surface area contributed by atoms with Crippen LogP contribution in [0.3, 0.4) is 0 Å². The lowest BCUT2D eigenvalue weighted by atomic mass is 10.1. The number of carbonyl (C=O) groups is 1. The summed E-state index contributed by atoms with van der Waals surface area (Å²) in [6.45, 7) is 5.04. The van der Waals surface area contributed by atoms with Gasteiger partial charge in [0.25, 0.3) is 0 Å². The normalized spacial score (nSPS) is 16.3. The molecule has 1 saturated heterocycles. The molecule has 0 atom stereocenters. The van der Waals surface area contributed by atoms with Crippen molar-refractivity contribution in [3.63, 3.8) is 0 Å². The van der Waals surface area contributed by atoms with E-state index in [4.69, 9.17) is 4.74 Å². The minimum atomic E-state index is -0.396. The molecule has 0 unspecified atom stereocenters. The predicted octanol–water partition coefficient (Wildman–Crippen LogP) is 1.66. The highest BCUT2D eigenvalue weighted by molar-refractivity contribution is 5.92. The summed E-state index contributed by atoms with van der Waals surface area (Å²) in [6.07, 6.45) is 0.812. The summed E-state index contributed by atoms with van der Waals surface area (Å²) in [6, 6.07) is 4.81. The number of benzene rings is 1. The summed E-state index contributed by atoms with van der Waals surface area (Å²) in [5.74, 6) is -0.582. The highest BCUT2D eigenvalue weighted by Crippen LogP contribution is 2.16. The Morgan fingerprint density at radius 3 is 2.84 bits per heavy atom. The maximum absolute atomic E-state index is 13.6. The minimum Gasteiger partial charge on any atom is -0.379 e. The second-order valence-corrected chi connectivity index (χ2v) is 4.60. The molecule has 0 aliphatic carbocycles. The number of nitrogens with one attached hydrogen (secondary N) is 1. The Balaban J connectivity index is 1.94. The maximum Gasteiger partial charge on any atom is 0.238 e. The number of aryl methyl sites for hydroxylation is 1. The molecule has 1 aliphatic heterocycles. The Bertz CT molecular complexity index is 445. The number of hydrogen-bond acceptors (Lipinski definition) is 3. The Hall–Kier alpha value is -1.46. The molecule has 0 aromatic heterocycles. The molecule has 19 heavy (non-hydrogen) atoms. The Kier molecular flexibility index (Phi) is 4.87. The number of rotatable bonds is 4. The minimum absolute atomic E-state index is 0.186. The zero-order valence-electron chi connectivity index (χ0n) is 11.1. The van der Waals surface area contributed by atoms with E-state index < -0.39 is 5.82 Å². The lowest BCUT2D eigenvalue weighted by Crippen LogP contribution is -2.41. The standard InChI is InChI=1S/C14H19FN2O2/c1-2-11-3-4-12(15)13(9-11)16-14(18)10-17-5-7-19-8-6-17/h3-4,9H,2,5-8,10H2,1H3,(H,16,18). The van der Waals surface area contributed by atoms with Gasteiger partial charge in [-0.2, -0.15) is 0 Å². The van der Waals surface area contributed by atoms with Crippen molar-refractivity contribution in [2.24, 2.45) is 0 Å². The molecule has 5 heteroatoms. The number of morpholine rings is 1. The van der Waals surface area contributed by atoms with E-state index in [0.717, 1.165) is 25.1 Å². The summed E-state index contributed by atoms with van der Waals surface area (Å²) in [5, 5.41) is 2.64. The predicted molar refractivity (Wildman–Crippen MR) is 71.7 cm³/mol. The molecule has 4 nitrogen and oxygen atoms in total. The van der Waals surface area contributed by atoms with Crippen molar-refractivity contribution in [3.8, 4) is 0 Å². The van der Waals surface area contributed by atoms with Gasteiger partial charge >= 0.3 is 0 Å². The van der Waals surface area contributed by atoms with Crippen molar-refractivity contribution in [2.75, 3.05) is 38.2 Å². The van der Waals surface area contributed by atoms with Gasteiger partial charge in [-0.1, -0.05) is 13.0 Å². The van der Waals surface area contributed by atoms with E-state index in [0.29, 0.717) is 13.2 Å². The van der Waals surface area contributed by atoms with Gasteiger partial charge in [-0.3, -0.25) is 9.69 Å². The number of ether oxygens (including phenoxy) is 1. The maximum atomic E-state index is 13.6. The van der Waals surface area contributed by atoms with Crippen LogP contribution in [0.15, 0.2) is 18.2 Å². The van der Waals surface area contributed by atoms with Crippen LogP contribution in [0, 0.1) is 5.82 Å². The molecule has 1 aliphatic rings. The van der Waals surface area contributed by atoms with Crippen LogP contribution in [0.4, 0.5) is 10.1 Å². The van der Waals surface area contributed by atoms with Gasteiger partial charge in [0.2, 0.25) is 5.91 Å². The van der Waals surface area contributed by atoms with Crippen LogP contribution in [0.5, 0.6) is 0 Å². The number of hydrogen-bond donors (Lipinski definition) is 1. The quantitative estimate of drug-likeness (QED) is 0.901. The number of carbonyl (C=O) groups excluding carboxylic acids is 1. The SMILES string of the molecule is CCc1ccc(F)c(NC(=O)CN2CCOCC2)c1. The molecule has 104 valence electrons. The van der Waals surface area contributed by atoms with Crippen molar-refractivity contribution >= 4 is 11.6 Å². The first kappa shape index (κ1) is 14.0. The van der Waals surface area contributed by atoms with E-state index in [2.05, 4.69) is 5.32 Å². The van der Waals surface area contributed by atoms with Crippen LogP contribution in [-0.4, -0.2) is 43.7 Å². The fourth-order valence-corrected chi connectivity index (χ4v) is 2.04. The zero-order chi connectivity index (χ0) is 13.7. The van der Waals surface area contributed by atoms with Gasteiger partial charge in [-0.25, -0.2) is 4.39 Å². The largest absolute Gasteiger partial charge is 0.379 e. The molecule has 1 aromatic rings. The summed E-state index contributed by atoms with van der Waals surface area (Å²) >= 11 is 0. The van der Waals surface area contributed by atoms with Gasteiger partial charge < -0.3 is 10.1 Å². The van der Waals surface area contributed by atoms with E-state index in [1.165, 1.54) is 6.07 Å². The molecule has 1 aromatic carbocycles. The average molecular weight is 266 g/mol. The van der Waals surface area contributed by atoms with Crippen LogP contribution < -0.4 is 5.32 Å². The topological polar surface area (TPSA) is 41.6 Å². The van der Waals surface area contributed by atoms with Crippen molar-refractivity contribution < 1.29 is 13.9 Å². The van der Waals surface area contributed by atoms with Crippen LogP contribution in [0.1, 0.15) is 12.5 Å². The lowest BCUT2D eigenvalue weighted by Gasteiger charge is -2.25. The molecule has 1 N–H and O–H groups in total. The van der Waals surface area contributed by atoms with Gasteiger partial charge in [-0.15, -0.1) is 0 Å². The first-order valence-electron chi connectivity index (χ1n) is 6.57. The van der Waals surface area contributed by atoms with Gasteiger partial charge in [0.1, 0.15) is 5.82 Å². The molecular formula is C14H19FN2O2. The number of amides is 1. The van der Waals surface area contributed by atoms with E-state index in [9.17, 15) is 9.18 Å². The second-order valence-electron chi connectivity index (χ2n) is 4.60. The van der Waals surface area contributed by atoms with E-state index in [1.807, 2.05) is 11.8 Å². The Morgan fingerprint density at radius 2 is 2.16 bits per heavy atom. The summed E-state index contributed by atoms with van der Waals surface area (Å²) < 4.78 is 18.8. The molecule has 0 bridgehead atoms. The molecule has 1 amide bonds. The monoisotopic (exact) mass is 266 g/mol. The Morgan fingerprint density at radius 1 is 1.42 bits per heavy atom. The first-order valence-corrected chi connectivity index (χ1v) is 6.57. The van der Waals surface area contributed by atoms with E-state index >= 15 is 0 Å². The highest BCUT2D eigenvalue weighted by Gasteiger charge is 2.15. The van der Waals surface area contributed by atoms with Gasteiger partial charge in [-0.05, 0) is 24.1 Å². The van der Waals surface area contributed by atoms with Crippen molar-refractivity contribution in [1.82, 2.24) is 4.90 Å². The third-order valence-corrected chi connectivity index (χ3v) is 3.18. The van der Waals surface area contributed by atoms with E-state index in [-0.39, 0.29) is 18.1 Å². The molecule has 0 radical (unpaired) electrons. The number of nitrogens with zero attached hydrogens (tertiary/aromatic N) is 1. The second kappa shape index (κ2) is 6.63. The molecule has 0 spiro atoms. The summed E-state index contributed by atoms with van der Waals surface area (Å²) in [5.41, 5.74) is 1.26. The average Bonchev–Trinajstić information content (AvgIpc) is 2.42. The Labute approximate surface area is 112 Å². The molecule has 2 rings (SSSR count). The van der Waals surface area contributed by atoms with Crippen LogP contribution >= 0.6 is 0 Å². The lowest BCUT2D eigenvalue weighted by molar-refractivity contribution is -0.118. The van der Waals surface area contributed by atoms with Crippen molar-refractivity contribution in [2.45, 2.75) is 13.3 Å².